The van der Waals surface area contributed by atoms with Gasteiger partial charge in [-0.3, -0.25) is 9.69 Å². The average molecular weight is 215 g/mol. The van der Waals surface area contributed by atoms with Crippen LogP contribution in [0.3, 0.4) is 0 Å². The molecule has 2 saturated heterocycles. The summed E-state index contributed by atoms with van der Waals surface area (Å²) in [4.78, 5) is 13.9. The molecule has 3 unspecified atom stereocenters. The first-order valence-electron chi connectivity index (χ1n) is 6.12. The lowest BCUT2D eigenvalue weighted by Crippen LogP contribution is -2.43. The van der Waals surface area contributed by atoms with E-state index in [0.717, 1.165) is 19.4 Å². The van der Waals surface area contributed by atoms with E-state index >= 15 is 0 Å². The minimum Gasteiger partial charge on any atom is -0.298 e. The van der Waals surface area contributed by atoms with E-state index in [2.05, 4.69) is 35.2 Å². The molecular formula is C14H17NO. The molecule has 2 nitrogen and oxygen atoms in total. The van der Waals surface area contributed by atoms with Crippen molar-refractivity contribution in [3.05, 3.63) is 35.9 Å². The molecule has 2 heterocycles. The van der Waals surface area contributed by atoms with Crippen LogP contribution in [0.25, 0.3) is 0 Å². The van der Waals surface area contributed by atoms with Crippen molar-refractivity contribution in [2.75, 3.05) is 13.1 Å². The summed E-state index contributed by atoms with van der Waals surface area (Å²) in [5, 5.41) is 0. The summed E-state index contributed by atoms with van der Waals surface area (Å²) < 4.78 is 0. The average Bonchev–Trinajstić information content (AvgIpc) is 2.54. The van der Waals surface area contributed by atoms with Crippen molar-refractivity contribution in [1.82, 2.24) is 4.90 Å². The molecule has 16 heavy (non-hydrogen) atoms. The summed E-state index contributed by atoms with van der Waals surface area (Å²) in [6.07, 6.45) is 3.13. The van der Waals surface area contributed by atoms with Crippen molar-refractivity contribution in [3.63, 3.8) is 0 Å². The standard InChI is InChI=1S/C14H17NO/c16-13-9-12-6-7-15(10-13)14(12)8-11-4-2-1-3-5-11/h1-5,12,14H,6-10H2. The second-order valence-corrected chi connectivity index (χ2v) is 5.02. The van der Waals surface area contributed by atoms with Crippen LogP contribution in [0, 0.1) is 5.92 Å². The quantitative estimate of drug-likeness (QED) is 0.751. The van der Waals surface area contributed by atoms with Gasteiger partial charge in [0.25, 0.3) is 0 Å². The number of rotatable bonds is 2. The van der Waals surface area contributed by atoms with Crippen LogP contribution < -0.4 is 0 Å². The number of hydrogen-bond acceptors (Lipinski definition) is 2. The van der Waals surface area contributed by atoms with Crippen molar-refractivity contribution in [2.24, 2.45) is 5.92 Å². The highest BCUT2D eigenvalue weighted by Gasteiger charge is 2.39. The van der Waals surface area contributed by atoms with Crippen molar-refractivity contribution in [2.45, 2.75) is 25.3 Å². The lowest BCUT2D eigenvalue weighted by Gasteiger charge is -2.32. The number of piperidine rings is 1. The highest BCUT2D eigenvalue weighted by molar-refractivity contribution is 5.82. The summed E-state index contributed by atoms with van der Waals surface area (Å²) in [7, 11) is 0. The molecule has 0 amide bonds. The van der Waals surface area contributed by atoms with E-state index in [9.17, 15) is 4.79 Å². The van der Waals surface area contributed by atoms with Crippen LogP contribution in [-0.4, -0.2) is 29.8 Å². The number of Topliss-reactive ketones (excluding diaryl/α,β-unsaturated/α-hetero) is 1. The third-order valence-corrected chi connectivity index (χ3v) is 3.96. The second kappa shape index (κ2) is 4.02. The number of benzene rings is 1. The van der Waals surface area contributed by atoms with E-state index in [0.29, 0.717) is 24.3 Å². The molecule has 2 heteroatoms. The maximum absolute atomic E-state index is 11.5. The predicted octanol–water partition coefficient (Wildman–Crippen LogP) is 1.89. The van der Waals surface area contributed by atoms with Gasteiger partial charge < -0.3 is 0 Å². The Morgan fingerprint density at radius 3 is 2.81 bits per heavy atom. The summed E-state index contributed by atoms with van der Waals surface area (Å²) in [5.41, 5.74) is 1.40. The lowest BCUT2D eigenvalue weighted by atomic mass is 9.87. The lowest BCUT2D eigenvalue weighted by molar-refractivity contribution is -0.123. The van der Waals surface area contributed by atoms with Crippen LogP contribution in [0.1, 0.15) is 18.4 Å². The van der Waals surface area contributed by atoms with E-state index in [-0.39, 0.29) is 0 Å². The zero-order chi connectivity index (χ0) is 11.0. The van der Waals surface area contributed by atoms with Crippen LogP contribution in [0.5, 0.6) is 0 Å². The third kappa shape index (κ3) is 1.78. The molecular weight excluding hydrogens is 198 g/mol. The first-order chi connectivity index (χ1) is 7.83. The van der Waals surface area contributed by atoms with Gasteiger partial charge in [-0.05, 0) is 30.9 Å². The minimum atomic E-state index is 0.437. The van der Waals surface area contributed by atoms with Crippen molar-refractivity contribution in [3.8, 4) is 0 Å². The van der Waals surface area contributed by atoms with Gasteiger partial charge in [0.15, 0.2) is 0 Å². The molecule has 0 N–H and O–H groups in total. The number of carbonyl (C=O) groups excluding carboxylic acids is 1. The fourth-order valence-corrected chi connectivity index (χ4v) is 3.16. The topological polar surface area (TPSA) is 20.3 Å². The molecule has 0 aromatic heterocycles. The van der Waals surface area contributed by atoms with Gasteiger partial charge in [0.2, 0.25) is 0 Å². The molecule has 0 saturated carbocycles. The zero-order valence-corrected chi connectivity index (χ0v) is 9.43. The zero-order valence-electron chi connectivity index (χ0n) is 9.43. The molecule has 84 valence electrons. The van der Waals surface area contributed by atoms with Crippen LogP contribution >= 0.6 is 0 Å². The Morgan fingerprint density at radius 2 is 2.06 bits per heavy atom. The molecule has 2 aliphatic rings. The molecule has 3 atom stereocenters. The van der Waals surface area contributed by atoms with Crippen molar-refractivity contribution >= 4 is 5.78 Å². The van der Waals surface area contributed by atoms with Crippen molar-refractivity contribution < 1.29 is 4.79 Å². The summed E-state index contributed by atoms with van der Waals surface area (Å²) in [6, 6.07) is 11.2. The Kier molecular flexibility index (Phi) is 2.52. The number of carbonyl (C=O) groups is 1. The highest BCUT2D eigenvalue weighted by Crippen LogP contribution is 2.33. The largest absolute Gasteiger partial charge is 0.298 e. The van der Waals surface area contributed by atoms with Gasteiger partial charge in [0.05, 0.1) is 6.54 Å². The second-order valence-electron chi connectivity index (χ2n) is 5.02. The molecule has 1 aromatic rings. The van der Waals surface area contributed by atoms with E-state index < -0.39 is 0 Å². The van der Waals surface area contributed by atoms with Crippen LogP contribution in [0.2, 0.25) is 0 Å². The summed E-state index contributed by atoms with van der Waals surface area (Å²) in [6.45, 7) is 1.81. The summed E-state index contributed by atoms with van der Waals surface area (Å²) >= 11 is 0. The summed E-state index contributed by atoms with van der Waals surface area (Å²) in [5.74, 6) is 1.05. The van der Waals surface area contributed by atoms with Gasteiger partial charge in [-0.25, -0.2) is 0 Å². The van der Waals surface area contributed by atoms with Crippen LogP contribution in [0.4, 0.5) is 0 Å². The minimum absolute atomic E-state index is 0.437. The number of hydrogen-bond donors (Lipinski definition) is 0. The van der Waals surface area contributed by atoms with Crippen LogP contribution in [-0.2, 0) is 11.2 Å². The van der Waals surface area contributed by atoms with E-state index in [1.165, 1.54) is 12.0 Å². The Labute approximate surface area is 96.3 Å². The van der Waals surface area contributed by atoms with E-state index in [1.54, 1.807) is 0 Å². The van der Waals surface area contributed by atoms with Crippen molar-refractivity contribution in [1.29, 1.82) is 0 Å². The van der Waals surface area contributed by atoms with E-state index in [4.69, 9.17) is 0 Å². The monoisotopic (exact) mass is 215 g/mol. The van der Waals surface area contributed by atoms with Gasteiger partial charge in [0, 0.05) is 12.5 Å². The SMILES string of the molecule is O=C1CC2CCN(C1)C2Cc1ccccc1. The molecule has 2 aliphatic heterocycles. The maximum atomic E-state index is 11.5. The first kappa shape index (κ1) is 10.0. The molecule has 0 aliphatic carbocycles. The Hall–Kier alpha value is -1.15. The molecule has 3 rings (SSSR count). The van der Waals surface area contributed by atoms with E-state index in [1.807, 2.05) is 0 Å². The fraction of sp³-hybridized carbons (Fsp3) is 0.500. The molecule has 0 radical (unpaired) electrons. The molecule has 2 bridgehead atoms. The molecule has 2 fully saturated rings. The van der Waals surface area contributed by atoms with Gasteiger partial charge in [-0.1, -0.05) is 30.3 Å². The highest BCUT2D eigenvalue weighted by atomic mass is 16.1. The fourth-order valence-electron chi connectivity index (χ4n) is 3.16. The van der Waals surface area contributed by atoms with Gasteiger partial charge in [-0.15, -0.1) is 0 Å². The normalized spacial score (nSPS) is 33.0. The Bertz CT molecular complexity index is 371. The van der Waals surface area contributed by atoms with Gasteiger partial charge in [0.1, 0.15) is 5.78 Å². The number of fused-ring (bicyclic) bond motifs is 2. The molecule has 0 spiro atoms. The third-order valence-electron chi connectivity index (χ3n) is 3.96. The van der Waals surface area contributed by atoms with Gasteiger partial charge >= 0.3 is 0 Å². The Balaban J connectivity index is 1.75. The van der Waals surface area contributed by atoms with Gasteiger partial charge in [-0.2, -0.15) is 0 Å². The predicted molar refractivity (Wildman–Crippen MR) is 63.2 cm³/mol. The number of nitrogens with zero attached hydrogens (tertiary/aromatic N) is 1. The molecule has 1 aromatic carbocycles. The van der Waals surface area contributed by atoms with Crippen LogP contribution in [0.15, 0.2) is 30.3 Å². The smallest absolute Gasteiger partial charge is 0.147 e. The Morgan fingerprint density at radius 1 is 1.25 bits per heavy atom. The first-order valence-corrected chi connectivity index (χ1v) is 6.12. The maximum Gasteiger partial charge on any atom is 0.147 e. The number of ketones is 1.